The van der Waals surface area contributed by atoms with Gasteiger partial charge in [-0.25, -0.2) is 0 Å². The first-order chi connectivity index (χ1) is 32.5. The van der Waals surface area contributed by atoms with Crippen molar-refractivity contribution < 1.29 is 24.5 Å². The number of amides is 1. The second-order valence-electron chi connectivity index (χ2n) is 20.7. The maximum atomic E-state index is 12.5. The summed E-state index contributed by atoms with van der Waals surface area (Å²) in [5, 5.41) is 23.4. The Morgan fingerprint density at radius 1 is 0.409 bits per heavy atom. The first-order valence-corrected chi connectivity index (χ1v) is 29.9. The standard InChI is InChI=1S/C60H117NO5/c1-3-5-7-9-11-13-15-16-17-18-19-20-21-23-26-29-33-36-40-44-48-52-58(63)57(56-62)61-59(64)53-49-45-41-37-34-30-27-24-22-25-28-31-35-39-43-47-51-55-66-60(65)54-50-46-42-38-32-14-12-10-8-6-4-2/h10,12,57-58,62-63H,3-9,11,13-56H2,1-2H3,(H,61,64)/b12-10-. The van der Waals surface area contributed by atoms with Crippen molar-refractivity contribution in [2.75, 3.05) is 13.2 Å². The summed E-state index contributed by atoms with van der Waals surface area (Å²) in [6.45, 7) is 4.93. The van der Waals surface area contributed by atoms with Gasteiger partial charge in [0.15, 0.2) is 0 Å². The van der Waals surface area contributed by atoms with Gasteiger partial charge >= 0.3 is 5.97 Å². The lowest BCUT2D eigenvalue weighted by atomic mass is 10.0. The van der Waals surface area contributed by atoms with Gasteiger partial charge in [0.25, 0.3) is 0 Å². The molecule has 0 aromatic heterocycles. The monoisotopic (exact) mass is 932 g/mol. The summed E-state index contributed by atoms with van der Waals surface area (Å²) < 4.78 is 5.45. The Morgan fingerprint density at radius 2 is 0.727 bits per heavy atom. The SMILES string of the molecule is CCCC/C=C\CCCCCCCC(=O)OCCCCCCCCCCCCCCCCCCCC(=O)NC(CO)C(O)CCCCCCCCCCCCCCCCCCCCCCC. The third-order valence-corrected chi connectivity index (χ3v) is 14.1. The van der Waals surface area contributed by atoms with Gasteiger partial charge in [-0.3, -0.25) is 9.59 Å². The summed E-state index contributed by atoms with van der Waals surface area (Å²) in [4.78, 5) is 24.5. The van der Waals surface area contributed by atoms with Gasteiger partial charge in [-0.1, -0.05) is 289 Å². The number of aliphatic hydroxyl groups is 2. The van der Waals surface area contributed by atoms with Crippen LogP contribution in [-0.4, -0.2) is 47.4 Å². The highest BCUT2D eigenvalue weighted by Gasteiger charge is 2.20. The first kappa shape index (κ1) is 64.6. The molecule has 0 aliphatic rings. The molecule has 0 bridgehead atoms. The van der Waals surface area contributed by atoms with Gasteiger partial charge in [-0.15, -0.1) is 0 Å². The minimum atomic E-state index is -0.668. The molecule has 0 saturated carbocycles. The zero-order chi connectivity index (χ0) is 47.9. The zero-order valence-corrected chi connectivity index (χ0v) is 44.7. The minimum Gasteiger partial charge on any atom is -0.466 e. The molecule has 0 spiro atoms. The van der Waals surface area contributed by atoms with Crippen LogP contribution in [0.2, 0.25) is 0 Å². The molecular formula is C60H117NO5. The number of hydrogen-bond acceptors (Lipinski definition) is 5. The van der Waals surface area contributed by atoms with E-state index in [-0.39, 0.29) is 18.5 Å². The number of allylic oxidation sites excluding steroid dienone is 2. The second kappa shape index (κ2) is 56.2. The van der Waals surface area contributed by atoms with Crippen LogP contribution in [0.1, 0.15) is 335 Å². The van der Waals surface area contributed by atoms with Gasteiger partial charge in [0.05, 0.1) is 25.4 Å². The van der Waals surface area contributed by atoms with Crippen molar-refractivity contribution in [3.05, 3.63) is 12.2 Å². The molecule has 0 aliphatic carbocycles. The van der Waals surface area contributed by atoms with E-state index in [9.17, 15) is 19.8 Å². The second-order valence-corrected chi connectivity index (χ2v) is 20.7. The number of carbonyl (C=O) groups is 2. The predicted octanol–water partition coefficient (Wildman–Crippen LogP) is 18.5. The van der Waals surface area contributed by atoms with Gasteiger partial charge in [0.1, 0.15) is 0 Å². The van der Waals surface area contributed by atoms with Crippen molar-refractivity contribution in [1.82, 2.24) is 5.32 Å². The Kier molecular flexibility index (Phi) is 55.0. The predicted molar refractivity (Wildman–Crippen MR) is 287 cm³/mol. The highest BCUT2D eigenvalue weighted by Crippen LogP contribution is 2.18. The van der Waals surface area contributed by atoms with Crippen molar-refractivity contribution >= 4 is 11.9 Å². The quantitative estimate of drug-likeness (QED) is 0.0321. The molecule has 2 unspecified atom stereocenters. The summed E-state index contributed by atoms with van der Waals surface area (Å²) in [5.41, 5.74) is 0. The van der Waals surface area contributed by atoms with E-state index in [4.69, 9.17) is 4.74 Å². The van der Waals surface area contributed by atoms with Gasteiger partial charge in [0, 0.05) is 12.8 Å². The summed E-state index contributed by atoms with van der Waals surface area (Å²) in [6.07, 6.45) is 66.4. The van der Waals surface area contributed by atoms with Crippen LogP contribution in [0.4, 0.5) is 0 Å². The molecule has 0 aliphatic heterocycles. The molecule has 0 radical (unpaired) electrons. The summed E-state index contributed by atoms with van der Waals surface area (Å²) in [7, 11) is 0. The number of aliphatic hydroxyl groups excluding tert-OH is 2. The van der Waals surface area contributed by atoms with E-state index in [1.807, 2.05) is 0 Å². The maximum Gasteiger partial charge on any atom is 0.305 e. The number of unbranched alkanes of at least 4 members (excludes halogenated alkanes) is 43. The van der Waals surface area contributed by atoms with E-state index in [0.717, 1.165) is 44.9 Å². The molecule has 2 atom stereocenters. The van der Waals surface area contributed by atoms with Crippen molar-refractivity contribution in [1.29, 1.82) is 0 Å². The van der Waals surface area contributed by atoms with Gasteiger partial charge in [-0.05, 0) is 44.9 Å². The van der Waals surface area contributed by atoms with Crippen LogP contribution in [0.25, 0.3) is 0 Å². The van der Waals surface area contributed by atoms with E-state index in [1.54, 1.807) is 0 Å². The van der Waals surface area contributed by atoms with E-state index in [1.165, 1.54) is 257 Å². The average Bonchev–Trinajstić information content (AvgIpc) is 3.32. The molecule has 0 aromatic rings. The largest absolute Gasteiger partial charge is 0.466 e. The van der Waals surface area contributed by atoms with E-state index < -0.39 is 12.1 Å². The van der Waals surface area contributed by atoms with Crippen molar-refractivity contribution in [2.24, 2.45) is 0 Å². The molecule has 3 N–H and O–H groups in total. The molecular weight excluding hydrogens is 815 g/mol. The molecule has 0 fully saturated rings. The van der Waals surface area contributed by atoms with Crippen LogP contribution in [0, 0.1) is 0 Å². The van der Waals surface area contributed by atoms with Gasteiger partial charge in [-0.2, -0.15) is 0 Å². The lowest BCUT2D eigenvalue weighted by molar-refractivity contribution is -0.143. The molecule has 6 nitrogen and oxygen atoms in total. The summed E-state index contributed by atoms with van der Waals surface area (Å²) in [5.74, 6) is -0.0418. The fourth-order valence-corrected chi connectivity index (χ4v) is 9.45. The highest BCUT2D eigenvalue weighted by molar-refractivity contribution is 5.76. The maximum absolute atomic E-state index is 12.5. The van der Waals surface area contributed by atoms with E-state index in [0.29, 0.717) is 25.9 Å². The molecule has 0 heterocycles. The molecule has 66 heavy (non-hydrogen) atoms. The molecule has 1 amide bonds. The molecule has 0 rings (SSSR count). The van der Waals surface area contributed by atoms with Crippen LogP contribution in [0.5, 0.6) is 0 Å². The van der Waals surface area contributed by atoms with Crippen LogP contribution < -0.4 is 5.32 Å². The summed E-state index contributed by atoms with van der Waals surface area (Å²) >= 11 is 0. The number of hydrogen-bond donors (Lipinski definition) is 3. The fraction of sp³-hybridized carbons (Fsp3) is 0.933. The molecule has 392 valence electrons. The Balaban J connectivity index is 3.42. The van der Waals surface area contributed by atoms with E-state index in [2.05, 4.69) is 31.3 Å². The van der Waals surface area contributed by atoms with Crippen LogP contribution in [0.15, 0.2) is 12.2 Å². The number of nitrogens with one attached hydrogen (secondary N) is 1. The van der Waals surface area contributed by atoms with E-state index >= 15 is 0 Å². The minimum absolute atomic E-state index is 0.00487. The highest BCUT2D eigenvalue weighted by atomic mass is 16.5. The lowest BCUT2D eigenvalue weighted by Gasteiger charge is -2.22. The fourth-order valence-electron chi connectivity index (χ4n) is 9.45. The Labute approximate surface area is 412 Å². The zero-order valence-electron chi connectivity index (χ0n) is 44.7. The Bertz CT molecular complexity index is 986. The van der Waals surface area contributed by atoms with Crippen molar-refractivity contribution in [2.45, 2.75) is 347 Å². The summed E-state index contributed by atoms with van der Waals surface area (Å²) in [6, 6.07) is -0.546. The average molecular weight is 933 g/mol. The topological polar surface area (TPSA) is 95.9 Å². The molecule has 0 aromatic carbocycles. The first-order valence-electron chi connectivity index (χ1n) is 29.9. The Morgan fingerprint density at radius 3 is 1.12 bits per heavy atom. The third-order valence-electron chi connectivity index (χ3n) is 14.1. The van der Waals surface area contributed by atoms with Crippen LogP contribution >= 0.6 is 0 Å². The number of carbonyl (C=O) groups excluding carboxylic acids is 2. The van der Waals surface area contributed by atoms with Gasteiger partial charge in [0.2, 0.25) is 5.91 Å². The van der Waals surface area contributed by atoms with Crippen LogP contribution in [-0.2, 0) is 14.3 Å². The molecule has 0 saturated heterocycles. The van der Waals surface area contributed by atoms with Crippen molar-refractivity contribution in [3.8, 4) is 0 Å². The normalized spacial score (nSPS) is 12.6. The Hall–Kier alpha value is -1.40. The number of ether oxygens (including phenoxy) is 1. The molecule has 6 heteroatoms. The number of esters is 1. The van der Waals surface area contributed by atoms with Gasteiger partial charge < -0.3 is 20.3 Å². The van der Waals surface area contributed by atoms with Crippen molar-refractivity contribution in [3.63, 3.8) is 0 Å². The smallest absolute Gasteiger partial charge is 0.305 e. The van der Waals surface area contributed by atoms with Crippen LogP contribution in [0.3, 0.4) is 0 Å². The third kappa shape index (κ3) is 52.0. The number of rotatable bonds is 56. The lowest BCUT2D eigenvalue weighted by Crippen LogP contribution is -2.45.